The molecule has 178 valence electrons. The molecule has 0 spiro atoms. The fraction of sp³-hybridized carbons (Fsp3) is 0.120. The fourth-order valence-electron chi connectivity index (χ4n) is 3.58. The predicted octanol–water partition coefficient (Wildman–Crippen LogP) is 4.73. The van der Waals surface area contributed by atoms with Crippen molar-refractivity contribution in [3.05, 3.63) is 105 Å². The van der Waals surface area contributed by atoms with Crippen molar-refractivity contribution in [1.82, 2.24) is 9.55 Å². The Balaban J connectivity index is 1.76. The fourth-order valence-corrected chi connectivity index (χ4v) is 3.58. The molecule has 10 heteroatoms. The second-order valence-corrected chi connectivity index (χ2v) is 7.75. The minimum atomic E-state index is -4.68. The van der Waals surface area contributed by atoms with Gasteiger partial charge in [-0.3, -0.25) is 14.4 Å². The quantitative estimate of drug-likeness (QED) is 0.329. The number of anilines is 1. The Morgan fingerprint density at radius 1 is 1.00 bits per heavy atom. The highest BCUT2D eigenvalue weighted by Crippen LogP contribution is 2.34. The van der Waals surface area contributed by atoms with Gasteiger partial charge in [-0.05, 0) is 55.5 Å². The van der Waals surface area contributed by atoms with Crippen LogP contribution < -0.4 is 10.7 Å². The Morgan fingerprint density at radius 2 is 1.69 bits per heavy atom. The van der Waals surface area contributed by atoms with E-state index in [9.17, 15) is 31.9 Å². The van der Waals surface area contributed by atoms with E-state index in [4.69, 9.17) is 0 Å². The molecule has 4 aromatic rings. The third-order valence-electron chi connectivity index (χ3n) is 5.23. The van der Waals surface area contributed by atoms with Gasteiger partial charge in [-0.25, -0.2) is 9.37 Å². The average molecular weight is 483 g/mol. The summed E-state index contributed by atoms with van der Waals surface area (Å²) >= 11 is 0. The summed E-state index contributed by atoms with van der Waals surface area (Å²) in [5, 5.41) is 2.28. The SMILES string of the molecule is Cc1ccc2c(=O)c(C(=O)c3ccc(F)cc3)cn(CC(=O)Nc3ccccc3C(F)(F)F)c2n1. The Morgan fingerprint density at radius 3 is 2.37 bits per heavy atom. The smallest absolute Gasteiger partial charge is 0.324 e. The summed E-state index contributed by atoms with van der Waals surface area (Å²) in [6, 6.07) is 12.1. The number of alkyl halides is 3. The Kier molecular flexibility index (Phi) is 6.21. The highest BCUT2D eigenvalue weighted by molar-refractivity contribution is 6.10. The number of aromatic nitrogens is 2. The summed E-state index contributed by atoms with van der Waals surface area (Å²) < 4.78 is 54.4. The van der Waals surface area contributed by atoms with Gasteiger partial charge in [-0.15, -0.1) is 0 Å². The monoisotopic (exact) mass is 483 g/mol. The van der Waals surface area contributed by atoms with Gasteiger partial charge in [0.05, 0.1) is 22.2 Å². The third-order valence-corrected chi connectivity index (χ3v) is 5.23. The van der Waals surface area contributed by atoms with E-state index >= 15 is 0 Å². The lowest BCUT2D eigenvalue weighted by Gasteiger charge is -2.15. The minimum absolute atomic E-state index is 0.0482. The topological polar surface area (TPSA) is 81.1 Å². The van der Waals surface area contributed by atoms with E-state index in [1.54, 1.807) is 13.0 Å². The number of rotatable bonds is 5. The van der Waals surface area contributed by atoms with Crippen LogP contribution in [-0.2, 0) is 17.5 Å². The molecule has 4 rings (SSSR count). The molecule has 0 radical (unpaired) electrons. The van der Waals surface area contributed by atoms with Gasteiger partial charge in [0.15, 0.2) is 5.78 Å². The molecule has 2 aromatic carbocycles. The molecular weight excluding hydrogens is 466 g/mol. The zero-order chi connectivity index (χ0) is 25.3. The predicted molar refractivity (Wildman–Crippen MR) is 121 cm³/mol. The van der Waals surface area contributed by atoms with Crippen molar-refractivity contribution in [3.63, 3.8) is 0 Å². The van der Waals surface area contributed by atoms with Crippen LogP contribution in [0.5, 0.6) is 0 Å². The van der Waals surface area contributed by atoms with Gasteiger partial charge in [0.1, 0.15) is 18.0 Å². The van der Waals surface area contributed by atoms with Crippen molar-refractivity contribution in [1.29, 1.82) is 0 Å². The van der Waals surface area contributed by atoms with Gasteiger partial charge in [0.25, 0.3) is 0 Å². The van der Waals surface area contributed by atoms with Gasteiger partial charge in [0.2, 0.25) is 11.3 Å². The number of hydrogen-bond acceptors (Lipinski definition) is 4. The van der Waals surface area contributed by atoms with Crippen LogP contribution in [-0.4, -0.2) is 21.2 Å². The summed E-state index contributed by atoms with van der Waals surface area (Å²) in [6.07, 6.45) is -3.54. The van der Waals surface area contributed by atoms with Gasteiger partial charge in [-0.2, -0.15) is 13.2 Å². The first-order valence-corrected chi connectivity index (χ1v) is 10.3. The number of carbonyl (C=O) groups excluding carboxylic acids is 2. The average Bonchev–Trinajstić information content (AvgIpc) is 2.80. The normalized spacial score (nSPS) is 11.5. The molecule has 0 aliphatic rings. The molecule has 0 fully saturated rings. The van der Waals surface area contributed by atoms with Gasteiger partial charge in [-0.1, -0.05) is 12.1 Å². The Hall–Kier alpha value is -4.34. The number of ketones is 1. The Labute approximate surface area is 195 Å². The lowest BCUT2D eigenvalue weighted by Crippen LogP contribution is -2.25. The lowest BCUT2D eigenvalue weighted by atomic mass is 10.0. The number of pyridine rings is 2. The first kappa shape index (κ1) is 23.8. The van der Waals surface area contributed by atoms with Crippen LogP contribution in [0.1, 0.15) is 27.2 Å². The number of fused-ring (bicyclic) bond motifs is 1. The van der Waals surface area contributed by atoms with Crippen LogP contribution in [0, 0.1) is 12.7 Å². The summed E-state index contributed by atoms with van der Waals surface area (Å²) in [7, 11) is 0. The van der Waals surface area contributed by atoms with Crippen LogP contribution in [0.15, 0.2) is 71.7 Å². The molecule has 0 saturated heterocycles. The number of nitrogens with zero attached hydrogens (tertiary/aromatic N) is 2. The maximum Gasteiger partial charge on any atom is 0.418 e. The Bertz CT molecular complexity index is 1510. The van der Waals surface area contributed by atoms with Crippen LogP contribution in [0.4, 0.5) is 23.2 Å². The second-order valence-electron chi connectivity index (χ2n) is 7.75. The summed E-state index contributed by atoms with van der Waals surface area (Å²) in [5.74, 6) is -2.09. The van der Waals surface area contributed by atoms with E-state index in [2.05, 4.69) is 10.3 Å². The molecule has 0 aliphatic carbocycles. The third kappa shape index (κ3) is 4.96. The number of benzene rings is 2. The van der Waals surface area contributed by atoms with Crippen LogP contribution in [0.3, 0.4) is 0 Å². The number of nitrogens with one attached hydrogen (secondary N) is 1. The molecule has 0 aliphatic heterocycles. The zero-order valence-electron chi connectivity index (χ0n) is 18.2. The molecule has 0 saturated carbocycles. The van der Waals surface area contributed by atoms with Crippen molar-refractivity contribution in [2.45, 2.75) is 19.6 Å². The van der Waals surface area contributed by atoms with Crippen LogP contribution >= 0.6 is 0 Å². The first-order chi connectivity index (χ1) is 16.5. The van der Waals surface area contributed by atoms with E-state index in [1.165, 1.54) is 34.9 Å². The molecular formula is C25H17F4N3O3. The minimum Gasteiger partial charge on any atom is -0.324 e. The van der Waals surface area contributed by atoms with Gasteiger partial charge < -0.3 is 9.88 Å². The van der Waals surface area contributed by atoms with E-state index in [0.29, 0.717) is 5.69 Å². The zero-order valence-corrected chi connectivity index (χ0v) is 18.2. The van der Waals surface area contributed by atoms with Crippen molar-refractivity contribution < 1.29 is 27.2 Å². The standard InChI is InChI=1S/C25H17F4N3O3/c1-14-6-11-17-23(35)18(22(34)15-7-9-16(26)10-8-15)12-32(24(17)30-14)13-21(33)31-20-5-3-2-4-19(20)25(27,28)29/h2-12H,13H2,1H3,(H,31,33). The van der Waals surface area contributed by atoms with Crippen LogP contribution in [0.25, 0.3) is 11.0 Å². The number of halogens is 4. The maximum absolute atomic E-state index is 13.3. The number of carbonyl (C=O) groups is 2. The molecule has 2 aromatic heterocycles. The summed E-state index contributed by atoms with van der Waals surface area (Å²) in [4.78, 5) is 43.0. The molecule has 0 atom stereocenters. The van der Waals surface area contributed by atoms with Crippen molar-refractivity contribution in [2.75, 3.05) is 5.32 Å². The molecule has 0 unspecified atom stereocenters. The van der Waals surface area contributed by atoms with E-state index in [-0.39, 0.29) is 22.2 Å². The van der Waals surface area contributed by atoms with Crippen molar-refractivity contribution in [3.8, 4) is 0 Å². The number of para-hydroxylation sites is 1. The van der Waals surface area contributed by atoms with E-state index in [0.717, 1.165) is 30.5 Å². The highest BCUT2D eigenvalue weighted by Gasteiger charge is 2.33. The molecule has 2 heterocycles. The maximum atomic E-state index is 13.3. The summed E-state index contributed by atoms with van der Waals surface area (Å²) in [5.41, 5.74) is -1.71. The highest BCUT2D eigenvalue weighted by atomic mass is 19.4. The molecule has 35 heavy (non-hydrogen) atoms. The van der Waals surface area contributed by atoms with Crippen molar-refractivity contribution in [2.24, 2.45) is 0 Å². The van der Waals surface area contributed by atoms with Crippen molar-refractivity contribution >= 4 is 28.4 Å². The number of amides is 1. The number of aryl methyl sites for hydroxylation is 1. The van der Waals surface area contributed by atoms with Gasteiger partial charge >= 0.3 is 6.18 Å². The second kappa shape index (κ2) is 9.13. The van der Waals surface area contributed by atoms with E-state index < -0.39 is 46.9 Å². The molecule has 0 bridgehead atoms. The molecule has 1 N–H and O–H groups in total. The molecule has 1 amide bonds. The van der Waals surface area contributed by atoms with Crippen LogP contribution in [0.2, 0.25) is 0 Å². The van der Waals surface area contributed by atoms with E-state index in [1.807, 2.05) is 0 Å². The molecule has 6 nitrogen and oxygen atoms in total. The number of hydrogen-bond donors (Lipinski definition) is 1. The lowest BCUT2D eigenvalue weighted by molar-refractivity contribution is -0.137. The van der Waals surface area contributed by atoms with Gasteiger partial charge in [0, 0.05) is 17.5 Å². The largest absolute Gasteiger partial charge is 0.418 e. The first-order valence-electron chi connectivity index (χ1n) is 10.3. The summed E-state index contributed by atoms with van der Waals surface area (Å²) in [6.45, 7) is 1.13.